The highest BCUT2D eigenvalue weighted by Gasteiger charge is 2.17. The zero-order valence-electron chi connectivity index (χ0n) is 13.2. The number of para-hydroxylation sites is 2. The van der Waals surface area contributed by atoms with Gasteiger partial charge >= 0.3 is 5.97 Å². The Labute approximate surface area is 141 Å². The van der Waals surface area contributed by atoms with Crippen LogP contribution in [0.5, 0.6) is 0 Å². The van der Waals surface area contributed by atoms with E-state index in [4.69, 9.17) is 5.11 Å². The zero-order valence-corrected chi connectivity index (χ0v) is 13.2. The fraction of sp³-hybridized carbons (Fsp3) is 0.111. The Morgan fingerprint density at radius 2 is 1.64 bits per heavy atom. The molecule has 0 fully saturated rings. The van der Waals surface area contributed by atoms with Gasteiger partial charge in [0.1, 0.15) is 5.69 Å². The molecule has 0 saturated carbocycles. The molecule has 1 N–H and O–H groups in total. The average molecular weight is 334 g/mol. The number of nitrogens with zero attached hydrogens (tertiary/aromatic N) is 4. The lowest BCUT2D eigenvalue weighted by Gasteiger charge is -2.05. The van der Waals surface area contributed by atoms with E-state index in [0.717, 1.165) is 11.1 Å². The summed E-state index contributed by atoms with van der Waals surface area (Å²) in [6.07, 6.45) is -0.451. The molecular weight excluding hydrogens is 320 g/mol. The molecule has 7 nitrogen and oxygen atoms in total. The molecule has 2 aromatic heterocycles. The van der Waals surface area contributed by atoms with Crippen LogP contribution in [0, 0.1) is 0 Å². The summed E-state index contributed by atoms with van der Waals surface area (Å²) in [6.45, 7) is 0.532. The van der Waals surface area contributed by atoms with Crippen LogP contribution in [0.4, 0.5) is 0 Å². The third-order valence-electron chi connectivity index (χ3n) is 4.07. The number of carboxylic acids is 1. The molecule has 0 aliphatic carbocycles. The van der Waals surface area contributed by atoms with E-state index in [1.807, 2.05) is 59.2 Å². The highest BCUT2D eigenvalue weighted by atomic mass is 16.4. The first-order chi connectivity index (χ1) is 12.1. The molecule has 2 aromatic carbocycles. The van der Waals surface area contributed by atoms with Crippen LogP contribution < -0.4 is 5.56 Å². The first kappa shape index (κ1) is 15.1. The molecule has 0 aliphatic rings. The quantitative estimate of drug-likeness (QED) is 0.614. The molecule has 0 bridgehead atoms. The van der Waals surface area contributed by atoms with Gasteiger partial charge in [0, 0.05) is 0 Å². The maximum absolute atomic E-state index is 12.7. The van der Waals surface area contributed by atoms with Gasteiger partial charge in [-0.05, 0) is 17.7 Å². The average Bonchev–Trinajstić information content (AvgIpc) is 2.93. The van der Waals surface area contributed by atoms with E-state index in [-0.39, 0.29) is 5.69 Å². The third-order valence-corrected chi connectivity index (χ3v) is 4.07. The van der Waals surface area contributed by atoms with Crippen molar-refractivity contribution in [3.05, 3.63) is 76.2 Å². The van der Waals surface area contributed by atoms with Crippen molar-refractivity contribution < 1.29 is 9.90 Å². The largest absolute Gasteiger partial charge is 0.481 e. The van der Waals surface area contributed by atoms with E-state index in [9.17, 15) is 9.59 Å². The molecule has 4 rings (SSSR count). The summed E-state index contributed by atoms with van der Waals surface area (Å²) >= 11 is 0. The summed E-state index contributed by atoms with van der Waals surface area (Å²) in [5, 5.41) is 17.0. The topological polar surface area (TPSA) is 89.5 Å². The fourth-order valence-corrected chi connectivity index (χ4v) is 2.97. The summed E-state index contributed by atoms with van der Waals surface area (Å²) in [4.78, 5) is 23.7. The molecule has 25 heavy (non-hydrogen) atoms. The molecule has 0 atom stereocenters. The van der Waals surface area contributed by atoms with Crippen LogP contribution in [-0.2, 0) is 17.8 Å². The van der Waals surface area contributed by atoms with Crippen molar-refractivity contribution in [2.24, 2.45) is 0 Å². The Balaban J connectivity index is 2.00. The fourth-order valence-electron chi connectivity index (χ4n) is 2.97. The lowest BCUT2D eigenvalue weighted by molar-refractivity contribution is -0.136. The number of aromatic nitrogens is 4. The van der Waals surface area contributed by atoms with Crippen LogP contribution in [-0.4, -0.2) is 30.2 Å². The highest BCUT2D eigenvalue weighted by molar-refractivity contribution is 5.80. The predicted octanol–water partition coefficient (Wildman–Crippen LogP) is 1.72. The summed E-state index contributed by atoms with van der Waals surface area (Å²) in [7, 11) is 0. The molecular formula is C18H14N4O3. The van der Waals surface area contributed by atoms with Gasteiger partial charge < -0.3 is 9.67 Å². The molecule has 124 valence electrons. The Morgan fingerprint density at radius 1 is 0.960 bits per heavy atom. The van der Waals surface area contributed by atoms with Crippen molar-refractivity contribution in [3.63, 3.8) is 0 Å². The minimum absolute atomic E-state index is 0.0763. The first-order valence-electron chi connectivity index (χ1n) is 7.76. The van der Waals surface area contributed by atoms with Crippen molar-refractivity contribution in [2.45, 2.75) is 13.0 Å². The van der Waals surface area contributed by atoms with Gasteiger partial charge in [-0.3, -0.25) is 9.59 Å². The van der Waals surface area contributed by atoms with Gasteiger partial charge in [-0.25, -0.2) is 4.40 Å². The molecule has 0 amide bonds. The van der Waals surface area contributed by atoms with E-state index in [1.54, 1.807) is 0 Å². The van der Waals surface area contributed by atoms with Crippen LogP contribution in [0.15, 0.2) is 59.4 Å². The third kappa shape index (κ3) is 2.55. The van der Waals surface area contributed by atoms with E-state index < -0.39 is 17.9 Å². The Morgan fingerprint density at radius 3 is 2.36 bits per heavy atom. The van der Waals surface area contributed by atoms with E-state index in [1.165, 1.54) is 4.40 Å². The second kappa shape index (κ2) is 5.86. The van der Waals surface area contributed by atoms with Gasteiger partial charge in [-0.2, -0.15) is 0 Å². The summed E-state index contributed by atoms with van der Waals surface area (Å²) in [6, 6.07) is 17.3. The molecule has 0 spiro atoms. The number of hydrogen-bond acceptors (Lipinski definition) is 4. The van der Waals surface area contributed by atoms with Crippen molar-refractivity contribution in [2.75, 3.05) is 0 Å². The summed E-state index contributed by atoms with van der Waals surface area (Å²) < 4.78 is 3.34. The molecule has 0 saturated heterocycles. The number of benzene rings is 2. The van der Waals surface area contributed by atoms with Crippen LogP contribution in [0.3, 0.4) is 0 Å². The van der Waals surface area contributed by atoms with Gasteiger partial charge in [0.2, 0.25) is 5.78 Å². The van der Waals surface area contributed by atoms with Crippen molar-refractivity contribution in [3.8, 4) is 0 Å². The Kier molecular flexibility index (Phi) is 3.53. The van der Waals surface area contributed by atoms with Crippen molar-refractivity contribution in [1.82, 2.24) is 19.2 Å². The normalized spacial score (nSPS) is 11.2. The van der Waals surface area contributed by atoms with Gasteiger partial charge in [0.15, 0.2) is 0 Å². The van der Waals surface area contributed by atoms with Gasteiger partial charge in [-0.1, -0.05) is 42.5 Å². The van der Waals surface area contributed by atoms with Gasteiger partial charge in [0.05, 0.1) is 24.0 Å². The molecule has 0 unspecified atom stereocenters. The Bertz CT molecular complexity index is 1150. The second-order valence-corrected chi connectivity index (χ2v) is 5.72. The highest BCUT2D eigenvalue weighted by Crippen LogP contribution is 2.19. The lowest BCUT2D eigenvalue weighted by atomic mass is 10.2. The number of aliphatic carboxylic acids is 1. The van der Waals surface area contributed by atoms with Crippen molar-refractivity contribution >= 4 is 22.8 Å². The maximum Gasteiger partial charge on any atom is 0.309 e. The van der Waals surface area contributed by atoms with Crippen molar-refractivity contribution in [1.29, 1.82) is 0 Å². The van der Waals surface area contributed by atoms with Crippen LogP contribution in [0.25, 0.3) is 16.8 Å². The standard InChI is InChI=1S/C18H14N4O3/c23-16(24)10-13-17(25)22-15-9-5-4-8-14(15)21(18(22)20-19-13)11-12-6-2-1-3-7-12/h1-9H,10-11H2,(H,23,24). The minimum Gasteiger partial charge on any atom is -0.481 e. The second-order valence-electron chi connectivity index (χ2n) is 5.72. The van der Waals surface area contributed by atoms with E-state index in [2.05, 4.69) is 10.2 Å². The number of carbonyl (C=O) groups is 1. The number of fused-ring (bicyclic) bond motifs is 3. The predicted molar refractivity (Wildman–Crippen MR) is 91.6 cm³/mol. The summed E-state index contributed by atoms with van der Waals surface area (Å²) in [5.74, 6) is -0.719. The van der Waals surface area contributed by atoms with Gasteiger partial charge in [0.25, 0.3) is 5.56 Å². The van der Waals surface area contributed by atoms with Crippen LogP contribution >= 0.6 is 0 Å². The lowest BCUT2D eigenvalue weighted by Crippen LogP contribution is -2.24. The molecule has 0 aliphatic heterocycles. The number of rotatable bonds is 4. The van der Waals surface area contributed by atoms with Gasteiger partial charge in [-0.15, -0.1) is 10.2 Å². The van der Waals surface area contributed by atoms with Crippen LogP contribution in [0.2, 0.25) is 0 Å². The molecule has 2 heterocycles. The number of carboxylic acid groups (broad SMARTS) is 1. The zero-order chi connectivity index (χ0) is 17.4. The maximum atomic E-state index is 12.7. The first-order valence-corrected chi connectivity index (χ1v) is 7.76. The minimum atomic E-state index is -1.11. The molecule has 4 aromatic rings. The van der Waals surface area contributed by atoms with E-state index in [0.29, 0.717) is 17.8 Å². The summed E-state index contributed by atoms with van der Waals surface area (Å²) in [5.41, 5.74) is 2.06. The SMILES string of the molecule is O=C(O)Cc1nnc2n(Cc3ccccc3)c3ccccc3n2c1=O. The van der Waals surface area contributed by atoms with E-state index >= 15 is 0 Å². The number of hydrogen-bond donors (Lipinski definition) is 1. The van der Waals surface area contributed by atoms with Crippen LogP contribution in [0.1, 0.15) is 11.3 Å². The monoisotopic (exact) mass is 334 g/mol. The smallest absolute Gasteiger partial charge is 0.309 e. The molecule has 0 radical (unpaired) electrons. The number of imidazole rings is 1. The molecule has 7 heteroatoms. The Hall–Kier alpha value is -3.48.